The van der Waals surface area contributed by atoms with Crippen LogP contribution in [0.4, 0.5) is 0 Å². The molecule has 1 saturated carbocycles. The van der Waals surface area contributed by atoms with Crippen molar-refractivity contribution in [2.45, 2.75) is 24.8 Å². The van der Waals surface area contributed by atoms with Gasteiger partial charge in [-0.3, -0.25) is 0 Å². The van der Waals surface area contributed by atoms with Crippen molar-refractivity contribution < 1.29 is 0 Å². The predicted octanol–water partition coefficient (Wildman–Crippen LogP) is 3.29. The molecule has 2 atom stereocenters. The summed E-state index contributed by atoms with van der Waals surface area (Å²) in [5.41, 5.74) is 10.4. The van der Waals surface area contributed by atoms with Crippen molar-refractivity contribution in [3.05, 3.63) is 65.5 Å². The highest BCUT2D eigenvalue weighted by Gasteiger charge is 2.41. The van der Waals surface area contributed by atoms with E-state index >= 15 is 0 Å². The first-order valence-electron chi connectivity index (χ1n) is 7.08. The summed E-state index contributed by atoms with van der Waals surface area (Å²) in [5, 5.41) is 0. The summed E-state index contributed by atoms with van der Waals surface area (Å²) in [5.74, 6) is 2.26. The summed E-state index contributed by atoms with van der Waals surface area (Å²) in [4.78, 5) is 8.19. The van der Waals surface area contributed by atoms with Crippen LogP contribution in [0.25, 0.3) is 11.0 Å². The van der Waals surface area contributed by atoms with Crippen LogP contribution in [0.5, 0.6) is 0 Å². The molecular weight excluding hydrogens is 246 g/mol. The number of rotatable bonds is 3. The van der Waals surface area contributed by atoms with Crippen molar-refractivity contribution in [1.29, 1.82) is 0 Å². The third kappa shape index (κ3) is 1.91. The second kappa shape index (κ2) is 4.46. The number of nitrogens with two attached hydrogens (primary N) is 1. The number of H-pyrrole nitrogens is 1. The number of imidazole rings is 1. The van der Waals surface area contributed by atoms with E-state index in [4.69, 9.17) is 10.7 Å². The Morgan fingerprint density at radius 1 is 1.10 bits per heavy atom. The SMILES string of the molecule is NCc1ccc2nc(C3CC3c3ccccc3)[nH]c2c1. The molecular formula is C17H17N3. The number of hydrogen-bond donors (Lipinski definition) is 2. The summed E-state index contributed by atoms with van der Waals surface area (Å²) >= 11 is 0. The summed E-state index contributed by atoms with van der Waals surface area (Å²) in [6, 6.07) is 16.9. The highest BCUT2D eigenvalue weighted by Crippen LogP contribution is 2.53. The normalized spacial score (nSPS) is 21.2. The maximum atomic E-state index is 5.68. The number of benzene rings is 2. The lowest BCUT2D eigenvalue weighted by Gasteiger charge is -1.97. The zero-order valence-electron chi connectivity index (χ0n) is 11.2. The fourth-order valence-electron chi connectivity index (χ4n) is 2.94. The molecule has 2 unspecified atom stereocenters. The van der Waals surface area contributed by atoms with E-state index in [1.54, 1.807) is 0 Å². The molecule has 0 radical (unpaired) electrons. The van der Waals surface area contributed by atoms with Crippen LogP contribution < -0.4 is 5.73 Å². The first kappa shape index (κ1) is 11.7. The van der Waals surface area contributed by atoms with Crippen molar-refractivity contribution in [3.63, 3.8) is 0 Å². The number of nitrogens with zero attached hydrogens (tertiary/aromatic N) is 1. The fraction of sp³-hybridized carbons (Fsp3) is 0.235. The molecule has 0 amide bonds. The van der Waals surface area contributed by atoms with E-state index in [9.17, 15) is 0 Å². The largest absolute Gasteiger partial charge is 0.342 e. The van der Waals surface area contributed by atoms with Gasteiger partial charge in [0, 0.05) is 12.5 Å². The first-order chi connectivity index (χ1) is 9.85. The van der Waals surface area contributed by atoms with Crippen LogP contribution in [0.15, 0.2) is 48.5 Å². The van der Waals surface area contributed by atoms with Gasteiger partial charge in [0.2, 0.25) is 0 Å². The van der Waals surface area contributed by atoms with E-state index in [2.05, 4.69) is 53.5 Å². The Hall–Kier alpha value is -2.13. The molecule has 1 heterocycles. The third-order valence-corrected chi connectivity index (χ3v) is 4.17. The number of fused-ring (bicyclic) bond motifs is 1. The molecule has 0 bridgehead atoms. The van der Waals surface area contributed by atoms with Crippen molar-refractivity contribution in [2.75, 3.05) is 0 Å². The molecule has 2 aromatic carbocycles. The van der Waals surface area contributed by atoms with Gasteiger partial charge in [0.25, 0.3) is 0 Å². The van der Waals surface area contributed by atoms with Gasteiger partial charge in [-0.2, -0.15) is 0 Å². The lowest BCUT2D eigenvalue weighted by atomic mass is 10.1. The Kier molecular flexibility index (Phi) is 2.60. The maximum Gasteiger partial charge on any atom is 0.110 e. The molecule has 1 aliphatic carbocycles. The highest BCUT2D eigenvalue weighted by atomic mass is 14.9. The Bertz CT molecular complexity index is 745. The Morgan fingerprint density at radius 2 is 1.95 bits per heavy atom. The maximum absolute atomic E-state index is 5.68. The molecule has 4 rings (SSSR count). The van der Waals surface area contributed by atoms with E-state index < -0.39 is 0 Å². The van der Waals surface area contributed by atoms with Crippen molar-refractivity contribution in [1.82, 2.24) is 9.97 Å². The molecule has 1 fully saturated rings. The van der Waals surface area contributed by atoms with Crippen LogP contribution in [-0.4, -0.2) is 9.97 Å². The van der Waals surface area contributed by atoms with Gasteiger partial charge >= 0.3 is 0 Å². The van der Waals surface area contributed by atoms with E-state index in [-0.39, 0.29) is 0 Å². The van der Waals surface area contributed by atoms with Gasteiger partial charge in [0.1, 0.15) is 5.82 Å². The Labute approximate surface area is 117 Å². The van der Waals surface area contributed by atoms with Gasteiger partial charge in [-0.25, -0.2) is 4.98 Å². The second-order valence-electron chi connectivity index (χ2n) is 5.54. The third-order valence-electron chi connectivity index (χ3n) is 4.17. The second-order valence-corrected chi connectivity index (χ2v) is 5.54. The lowest BCUT2D eigenvalue weighted by Crippen LogP contribution is -1.95. The minimum Gasteiger partial charge on any atom is -0.342 e. The average Bonchev–Trinajstić information content (AvgIpc) is 3.20. The minimum absolute atomic E-state index is 0.533. The molecule has 100 valence electrons. The van der Waals surface area contributed by atoms with E-state index in [0.29, 0.717) is 18.4 Å². The van der Waals surface area contributed by atoms with Gasteiger partial charge in [-0.05, 0) is 35.6 Å². The Morgan fingerprint density at radius 3 is 2.75 bits per heavy atom. The summed E-state index contributed by atoms with van der Waals surface area (Å²) in [6.07, 6.45) is 1.19. The molecule has 0 spiro atoms. The summed E-state index contributed by atoms with van der Waals surface area (Å²) in [7, 11) is 0. The number of aromatic nitrogens is 2. The molecule has 3 aromatic rings. The zero-order chi connectivity index (χ0) is 13.5. The van der Waals surface area contributed by atoms with Crippen molar-refractivity contribution >= 4 is 11.0 Å². The van der Waals surface area contributed by atoms with Crippen molar-refractivity contribution in [3.8, 4) is 0 Å². The lowest BCUT2D eigenvalue weighted by molar-refractivity contribution is 0.938. The minimum atomic E-state index is 0.533. The number of aromatic amines is 1. The van der Waals surface area contributed by atoms with Gasteiger partial charge < -0.3 is 10.7 Å². The van der Waals surface area contributed by atoms with E-state index in [0.717, 1.165) is 22.4 Å². The molecule has 0 aliphatic heterocycles. The van der Waals surface area contributed by atoms with E-state index in [1.807, 2.05) is 0 Å². The van der Waals surface area contributed by atoms with Crippen LogP contribution >= 0.6 is 0 Å². The van der Waals surface area contributed by atoms with Crippen molar-refractivity contribution in [2.24, 2.45) is 5.73 Å². The van der Waals surface area contributed by atoms with Crippen LogP contribution in [0.1, 0.15) is 35.2 Å². The summed E-state index contributed by atoms with van der Waals surface area (Å²) in [6.45, 7) is 0.570. The number of nitrogens with one attached hydrogen (secondary N) is 1. The summed E-state index contributed by atoms with van der Waals surface area (Å²) < 4.78 is 0. The molecule has 3 heteroatoms. The van der Waals surface area contributed by atoms with Gasteiger partial charge in [-0.1, -0.05) is 36.4 Å². The van der Waals surface area contributed by atoms with Crippen LogP contribution in [-0.2, 0) is 6.54 Å². The van der Waals surface area contributed by atoms with Crippen LogP contribution in [0.3, 0.4) is 0 Å². The van der Waals surface area contributed by atoms with Crippen LogP contribution in [0.2, 0.25) is 0 Å². The van der Waals surface area contributed by atoms with Gasteiger partial charge in [-0.15, -0.1) is 0 Å². The number of hydrogen-bond acceptors (Lipinski definition) is 2. The molecule has 0 saturated heterocycles. The fourth-order valence-corrected chi connectivity index (χ4v) is 2.94. The smallest absolute Gasteiger partial charge is 0.110 e. The van der Waals surface area contributed by atoms with Gasteiger partial charge in [0.05, 0.1) is 11.0 Å². The monoisotopic (exact) mass is 263 g/mol. The molecule has 3 N–H and O–H groups in total. The Balaban J connectivity index is 1.64. The first-order valence-corrected chi connectivity index (χ1v) is 7.08. The van der Waals surface area contributed by atoms with Crippen LogP contribution in [0, 0.1) is 0 Å². The molecule has 3 nitrogen and oxygen atoms in total. The standard InChI is InChI=1S/C17H17N3/c18-10-11-6-7-15-16(8-11)20-17(19-15)14-9-13(14)12-4-2-1-3-5-12/h1-8,13-14H,9-10,18H2,(H,19,20). The molecule has 20 heavy (non-hydrogen) atoms. The average molecular weight is 263 g/mol. The quantitative estimate of drug-likeness (QED) is 0.761. The highest BCUT2D eigenvalue weighted by molar-refractivity contribution is 5.76. The van der Waals surface area contributed by atoms with E-state index in [1.165, 1.54) is 12.0 Å². The topological polar surface area (TPSA) is 54.7 Å². The zero-order valence-corrected chi connectivity index (χ0v) is 11.2. The molecule has 1 aromatic heterocycles. The van der Waals surface area contributed by atoms with Gasteiger partial charge in [0.15, 0.2) is 0 Å². The molecule has 1 aliphatic rings. The predicted molar refractivity (Wildman–Crippen MR) is 80.5 cm³/mol.